The molecule has 18 heteroatoms. The molecule has 7 heterocycles. The third kappa shape index (κ3) is 5.82. The molecule has 338 valence electrons. The lowest BCUT2D eigenvalue weighted by atomic mass is 9.88. The normalized spacial score (nSPS) is 19.3. The molecule has 3 aromatic carbocycles. The highest BCUT2D eigenvalue weighted by atomic mass is 19.1. The van der Waals surface area contributed by atoms with Crippen molar-refractivity contribution in [2.75, 3.05) is 31.1 Å². The first kappa shape index (κ1) is 40.4. The number of hydrogen-bond acceptors (Lipinski definition) is 9. The van der Waals surface area contributed by atoms with Crippen molar-refractivity contribution in [2.24, 2.45) is 7.05 Å². The Morgan fingerprint density at radius 3 is 2.33 bits per heavy atom. The monoisotopic (exact) mass is 895 g/mol. The summed E-state index contributed by atoms with van der Waals surface area (Å²) in [7, 11) is 1.72. The lowest BCUT2D eigenvalue weighted by Crippen LogP contribution is -2.48. The van der Waals surface area contributed by atoms with E-state index in [4.69, 9.17) is 14.4 Å². The van der Waals surface area contributed by atoms with Crippen molar-refractivity contribution in [1.29, 1.82) is 0 Å². The molecule has 1 atom stereocenters. The second-order valence-electron chi connectivity index (χ2n) is 19.3. The molecule has 5 aromatic heterocycles. The number of carbonyl (C=O) groups excluding carboxylic acids is 1. The fourth-order valence-electron chi connectivity index (χ4n) is 10.7. The largest absolute Gasteiger partial charge is 0.438 e. The summed E-state index contributed by atoms with van der Waals surface area (Å²) in [5, 5.41) is 14.7. The van der Waals surface area contributed by atoms with Crippen LogP contribution in [0.25, 0.3) is 39.0 Å². The smallest absolute Gasteiger partial charge is 0.372 e. The molecule has 1 amide bonds. The Kier molecular flexibility index (Phi) is 8.41. The van der Waals surface area contributed by atoms with Gasteiger partial charge in [0, 0.05) is 66.6 Å². The molecule has 16 nitrogen and oxygen atoms in total. The lowest BCUT2D eigenvalue weighted by molar-refractivity contribution is -0.0276. The predicted molar refractivity (Wildman–Crippen MR) is 240 cm³/mol. The summed E-state index contributed by atoms with van der Waals surface area (Å²) in [6, 6.07) is 14.2. The van der Waals surface area contributed by atoms with Crippen molar-refractivity contribution in [3.63, 3.8) is 0 Å². The summed E-state index contributed by atoms with van der Waals surface area (Å²) in [5.74, 6) is -1.14. The fraction of sp³-hybridized carbons (Fsp3) is 0.375. The van der Waals surface area contributed by atoms with Crippen LogP contribution >= 0.6 is 0 Å². The Morgan fingerprint density at radius 1 is 0.894 bits per heavy atom. The molecular formula is C48H47F2N11O5. The molecule has 1 saturated heterocycles. The minimum absolute atomic E-state index is 0.0481. The number of carbonyl (C=O) groups is 1. The third-order valence-corrected chi connectivity index (χ3v) is 14.5. The number of fused-ring (bicyclic) bond motifs is 4. The number of hydrogen-bond donors (Lipinski definition) is 1. The van der Waals surface area contributed by atoms with Crippen molar-refractivity contribution >= 4 is 33.4 Å². The molecule has 2 aliphatic carbocycles. The fourth-order valence-corrected chi connectivity index (χ4v) is 10.7. The van der Waals surface area contributed by atoms with Gasteiger partial charge in [-0.3, -0.25) is 28.1 Å². The van der Waals surface area contributed by atoms with E-state index in [-0.39, 0.29) is 28.4 Å². The Morgan fingerprint density at radius 2 is 1.64 bits per heavy atom. The van der Waals surface area contributed by atoms with E-state index in [1.807, 2.05) is 28.5 Å². The maximum atomic E-state index is 16.2. The third-order valence-electron chi connectivity index (χ3n) is 14.5. The van der Waals surface area contributed by atoms with Crippen LogP contribution in [0.1, 0.15) is 91.2 Å². The molecule has 0 unspecified atom stereocenters. The zero-order valence-electron chi connectivity index (χ0n) is 37.4. The average Bonchev–Trinajstić information content (AvgIpc) is 3.88. The van der Waals surface area contributed by atoms with Crippen LogP contribution in [0.2, 0.25) is 0 Å². The van der Waals surface area contributed by atoms with Crippen LogP contribution in [-0.4, -0.2) is 86.1 Å². The SMILES string of the molecule is Cc1cc(-n2nc3c(c2-n2ccn(-c4ccc5c(cnn5C)c4F)c2=O)[C@H](C)N(C(=O)c2cc4cc(N5CCOC(C)(C)C5)ccc4n2C2(c4noc(=O)[nH]4)CC2)CC32CC2)cc(C)c1F. The molecular weight excluding hydrogens is 849 g/mol. The first-order chi connectivity index (χ1) is 31.6. The van der Waals surface area contributed by atoms with Crippen molar-refractivity contribution in [3.05, 3.63) is 134 Å². The Balaban J connectivity index is 1.03. The van der Waals surface area contributed by atoms with Gasteiger partial charge >= 0.3 is 11.4 Å². The number of H-pyrrole nitrogens is 1. The molecule has 3 fully saturated rings. The molecule has 12 rings (SSSR count). The number of aryl methyl sites for hydroxylation is 3. The summed E-state index contributed by atoms with van der Waals surface area (Å²) in [4.78, 5) is 49.9. The van der Waals surface area contributed by atoms with E-state index in [1.54, 1.807) is 60.7 Å². The number of aromatic nitrogens is 9. The summed E-state index contributed by atoms with van der Waals surface area (Å²) < 4.78 is 50.4. The van der Waals surface area contributed by atoms with Crippen molar-refractivity contribution in [3.8, 4) is 17.2 Å². The Hall–Kier alpha value is -7.08. The Labute approximate surface area is 375 Å². The number of imidazole rings is 1. The number of ether oxygens (including phenoxy) is 1. The highest BCUT2D eigenvalue weighted by Crippen LogP contribution is 2.57. The van der Waals surface area contributed by atoms with Crippen molar-refractivity contribution in [2.45, 2.75) is 82.9 Å². The van der Waals surface area contributed by atoms with Crippen LogP contribution in [0.4, 0.5) is 14.5 Å². The van der Waals surface area contributed by atoms with Gasteiger partial charge in [0.15, 0.2) is 11.6 Å². The number of anilines is 1. The minimum atomic E-state index is -0.832. The van der Waals surface area contributed by atoms with Gasteiger partial charge in [0.2, 0.25) is 0 Å². The van der Waals surface area contributed by atoms with Gasteiger partial charge in [0.25, 0.3) is 5.91 Å². The standard InChI is InChI=1S/C48H47F2N11O5/c1-26-19-31(20-27(2)38(26)49)61-41(58-16-15-57(45(58)64)35-10-9-34-32(39(35)50)23-51-55(34)6)37-28(3)59(25-47(11-12-47)40(37)53-61)42(62)36-22-29-21-30(56-17-18-65-46(4,5)24-56)7-8-33(29)60(36)48(13-14-48)43-52-44(63)66-54-43/h7-10,15-16,19-23,28H,11-14,17-18,24-25H2,1-6H3,(H,52,54,63)/t28-/m0/s1. The number of amides is 1. The first-order valence-electron chi connectivity index (χ1n) is 22.3. The van der Waals surface area contributed by atoms with Gasteiger partial charge in [-0.2, -0.15) is 10.2 Å². The summed E-state index contributed by atoms with van der Waals surface area (Å²) in [6.45, 7) is 11.8. The number of nitrogens with zero attached hydrogens (tertiary/aromatic N) is 10. The maximum absolute atomic E-state index is 16.2. The highest BCUT2D eigenvalue weighted by molar-refractivity contribution is 6.00. The molecule has 1 spiro atoms. The predicted octanol–water partition coefficient (Wildman–Crippen LogP) is 6.63. The van der Waals surface area contributed by atoms with Gasteiger partial charge < -0.3 is 19.1 Å². The lowest BCUT2D eigenvalue weighted by Gasteiger charge is -2.39. The van der Waals surface area contributed by atoms with Gasteiger partial charge in [0.1, 0.15) is 22.9 Å². The van der Waals surface area contributed by atoms with E-state index in [9.17, 15) is 9.59 Å². The van der Waals surface area contributed by atoms with E-state index in [0.29, 0.717) is 77.8 Å². The number of morpholine rings is 1. The molecule has 0 bridgehead atoms. The zero-order valence-corrected chi connectivity index (χ0v) is 37.4. The molecule has 1 N–H and O–H groups in total. The number of benzene rings is 3. The number of nitrogens with one attached hydrogen (secondary N) is 1. The van der Waals surface area contributed by atoms with Gasteiger partial charge in [-0.15, -0.1) is 0 Å². The quantitative estimate of drug-likeness (QED) is 0.186. The van der Waals surface area contributed by atoms with E-state index in [2.05, 4.69) is 46.1 Å². The van der Waals surface area contributed by atoms with E-state index >= 15 is 13.6 Å². The topological polar surface area (TPSA) is 159 Å². The molecule has 0 radical (unpaired) electrons. The van der Waals surface area contributed by atoms with Crippen LogP contribution in [0.15, 0.2) is 81.2 Å². The summed E-state index contributed by atoms with van der Waals surface area (Å²) in [5.41, 5.74) is 3.36. The Bertz CT molecular complexity index is 3460. The first-order valence-corrected chi connectivity index (χ1v) is 22.3. The molecule has 8 aromatic rings. The van der Waals surface area contributed by atoms with Crippen LogP contribution in [0, 0.1) is 25.5 Å². The molecule has 66 heavy (non-hydrogen) atoms. The summed E-state index contributed by atoms with van der Waals surface area (Å²) in [6.07, 6.45) is 7.25. The van der Waals surface area contributed by atoms with Gasteiger partial charge in [0.05, 0.1) is 52.4 Å². The van der Waals surface area contributed by atoms with Crippen LogP contribution < -0.4 is 16.3 Å². The number of halogens is 2. The minimum Gasteiger partial charge on any atom is -0.372 e. The molecule has 2 aliphatic heterocycles. The van der Waals surface area contributed by atoms with Crippen LogP contribution in [0.3, 0.4) is 0 Å². The summed E-state index contributed by atoms with van der Waals surface area (Å²) >= 11 is 0. The van der Waals surface area contributed by atoms with Crippen LogP contribution in [-0.2, 0) is 22.7 Å². The van der Waals surface area contributed by atoms with Crippen LogP contribution in [0.5, 0.6) is 0 Å². The number of aromatic amines is 1. The molecule has 2 saturated carbocycles. The maximum Gasteiger partial charge on any atom is 0.438 e. The van der Waals surface area contributed by atoms with Gasteiger partial charge in [-0.05, 0) is 120 Å². The molecule has 4 aliphatic rings. The van der Waals surface area contributed by atoms with Gasteiger partial charge in [-0.25, -0.2) is 23.1 Å². The van der Waals surface area contributed by atoms with E-state index in [1.165, 1.54) is 21.5 Å². The highest BCUT2D eigenvalue weighted by Gasteiger charge is 2.57. The number of rotatable bonds is 7. The average molecular weight is 896 g/mol. The van der Waals surface area contributed by atoms with Crippen molar-refractivity contribution in [1.82, 2.24) is 48.3 Å². The van der Waals surface area contributed by atoms with E-state index in [0.717, 1.165) is 41.7 Å². The second kappa shape index (κ2) is 13.7. The second-order valence-corrected chi connectivity index (χ2v) is 19.3. The van der Waals surface area contributed by atoms with Gasteiger partial charge in [-0.1, -0.05) is 5.16 Å². The van der Waals surface area contributed by atoms with E-state index < -0.39 is 34.3 Å². The van der Waals surface area contributed by atoms with Crippen molar-refractivity contribution < 1.29 is 22.8 Å². The zero-order chi connectivity index (χ0) is 45.8.